The number of para-hydroxylation sites is 3. The molecule has 0 saturated carbocycles. The van der Waals surface area contributed by atoms with E-state index >= 15 is 0 Å². The van der Waals surface area contributed by atoms with Gasteiger partial charge in [-0.1, -0.05) is 91.0 Å². The van der Waals surface area contributed by atoms with Crippen molar-refractivity contribution in [1.29, 1.82) is 0 Å². The standard InChI is InChI=1S/C42H23NO2S/c1-4-16-35-25(9-1)32-22-34-26-10-2-5-17-37(26)44-39(34)23-36(32)43(35)24-19-20-38-33(21-24)29-13-7-12-28(41(29)45-38)31-15-8-14-30-27-11-3-6-18-40(27)46-42(30)31/h1-23H. The van der Waals surface area contributed by atoms with Crippen molar-refractivity contribution in [2.45, 2.75) is 0 Å². The molecule has 11 rings (SSSR count). The Morgan fingerprint density at radius 1 is 0.413 bits per heavy atom. The molecule has 0 saturated heterocycles. The largest absolute Gasteiger partial charge is 0.456 e. The molecule has 4 heterocycles. The van der Waals surface area contributed by atoms with Crippen molar-refractivity contribution in [2.24, 2.45) is 0 Å². The fraction of sp³-hybridized carbons (Fsp3) is 0. The van der Waals surface area contributed by atoms with E-state index < -0.39 is 0 Å². The van der Waals surface area contributed by atoms with Gasteiger partial charge in [-0.05, 0) is 42.5 Å². The van der Waals surface area contributed by atoms with Crippen LogP contribution >= 0.6 is 11.3 Å². The van der Waals surface area contributed by atoms with Gasteiger partial charge < -0.3 is 13.4 Å². The summed E-state index contributed by atoms with van der Waals surface area (Å²) in [5.74, 6) is 0. The van der Waals surface area contributed by atoms with Gasteiger partial charge in [0, 0.05) is 75.4 Å². The van der Waals surface area contributed by atoms with Crippen LogP contribution in [0.4, 0.5) is 0 Å². The number of fused-ring (bicyclic) bond motifs is 12. The molecule has 0 spiro atoms. The lowest BCUT2D eigenvalue weighted by Crippen LogP contribution is -1.93. The molecule has 0 unspecified atom stereocenters. The zero-order chi connectivity index (χ0) is 29.9. The normalized spacial score (nSPS) is 12.3. The van der Waals surface area contributed by atoms with Crippen LogP contribution in [0, 0.1) is 0 Å². The van der Waals surface area contributed by atoms with Gasteiger partial charge in [0.05, 0.1) is 11.0 Å². The number of nitrogens with zero attached hydrogens (tertiary/aromatic N) is 1. The van der Waals surface area contributed by atoms with Gasteiger partial charge in [0.1, 0.15) is 22.3 Å². The molecule has 46 heavy (non-hydrogen) atoms. The van der Waals surface area contributed by atoms with E-state index in [1.807, 2.05) is 23.5 Å². The van der Waals surface area contributed by atoms with Crippen LogP contribution < -0.4 is 0 Å². The molecular weight excluding hydrogens is 583 g/mol. The molecule has 0 N–H and O–H groups in total. The Labute approximate surface area is 266 Å². The van der Waals surface area contributed by atoms with Crippen LogP contribution in [-0.2, 0) is 0 Å². The second-order valence-corrected chi connectivity index (χ2v) is 13.1. The van der Waals surface area contributed by atoms with Crippen LogP contribution in [0.25, 0.3) is 103 Å². The summed E-state index contributed by atoms with van der Waals surface area (Å²) in [4.78, 5) is 0. The number of rotatable bonds is 2. The lowest BCUT2D eigenvalue weighted by atomic mass is 10.0. The van der Waals surface area contributed by atoms with E-state index in [0.29, 0.717) is 0 Å². The quantitative estimate of drug-likeness (QED) is 0.196. The number of thiophene rings is 1. The van der Waals surface area contributed by atoms with Crippen molar-refractivity contribution in [3.63, 3.8) is 0 Å². The Morgan fingerprint density at radius 2 is 1.13 bits per heavy atom. The molecular formula is C42H23NO2S. The molecule has 0 amide bonds. The van der Waals surface area contributed by atoms with Gasteiger partial charge in [-0.15, -0.1) is 11.3 Å². The molecule has 3 nitrogen and oxygen atoms in total. The zero-order valence-electron chi connectivity index (χ0n) is 24.5. The van der Waals surface area contributed by atoms with E-state index in [9.17, 15) is 0 Å². The number of benzene rings is 7. The molecule has 11 aromatic rings. The van der Waals surface area contributed by atoms with Crippen molar-refractivity contribution in [2.75, 3.05) is 0 Å². The maximum atomic E-state index is 6.68. The Bertz CT molecular complexity index is 3040. The van der Waals surface area contributed by atoms with Gasteiger partial charge in [-0.25, -0.2) is 0 Å². The molecule has 214 valence electrons. The first kappa shape index (κ1) is 24.5. The van der Waals surface area contributed by atoms with Gasteiger partial charge in [-0.2, -0.15) is 0 Å². The third kappa shape index (κ3) is 3.21. The third-order valence-corrected chi connectivity index (χ3v) is 10.8. The van der Waals surface area contributed by atoms with Crippen molar-refractivity contribution in [1.82, 2.24) is 4.57 Å². The molecule has 0 bridgehead atoms. The van der Waals surface area contributed by atoms with Crippen LogP contribution in [0.3, 0.4) is 0 Å². The van der Waals surface area contributed by atoms with Gasteiger partial charge in [0.25, 0.3) is 0 Å². The Morgan fingerprint density at radius 3 is 2.07 bits per heavy atom. The second-order valence-electron chi connectivity index (χ2n) is 12.1. The summed E-state index contributed by atoms with van der Waals surface area (Å²) in [6.45, 7) is 0. The molecule has 0 aliphatic carbocycles. The van der Waals surface area contributed by atoms with Crippen molar-refractivity contribution in [3.8, 4) is 16.8 Å². The summed E-state index contributed by atoms with van der Waals surface area (Å²) in [5, 5.41) is 9.54. The lowest BCUT2D eigenvalue weighted by Gasteiger charge is -2.08. The van der Waals surface area contributed by atoms with E-state index in [2.05, 4.69) is 132 Å². The minimum absolute atomic E-state index is 0.884. The highest BCUT2D eigenvalue weighted by molar-refractivity contribution is 7.26. The van der Waals surface area contributed by atoms with Crippen LogP contribution in [-0.4, -0.2) is 4.57 Å². The SMILES string of the molecule is c1ccc2c(c1)oc1cc3c(cc12)c1ccccc1n3-c1ccc2oc3c(-c4cccc5c4sc4ccccc45)cccc3c2c1. The monoisotopic (exact) mass is 605 g/mol. The molecule has 0 radical (unpaired) electrons. The van der Waals surface area contributed by atoms with Crippen molar-refractivity contribution >= 4 is 97.2 Å². The van der Waals surface area contributed by atoms with Gasteiger partial charge in [0.2, 0.25) is 0 Å². The number of aromatic nitrogens is 1. The van der Waals surface area contributed by atoms with Crippen molar-refractivity contribution in [3.05, 3.63) is 140 Å². The predicted molar refractivity (Wildman–Crippen MR) is 194 cm³/mol. The average Bonchev–Trinajstić information content (AvgIpc) is 3.85. The van der Waals surface area contributed by atoms with Crippen LogP contribution in [0.5, 0.6) is 0 Å². The first-order valence-electron chi connectivity index (χ1n) is 15.5. The second kappa shape index (κ2) is 8.87. The van der Waals surface area contributed by atoms with Gasteiger partial charge in [-0.3, -0.25) is 0 Å². The Hall–Kier alpha value is -5.84. The predicted octanol–water partition coefficient (Wildman–Crippen LogP) is 12.6. The summed E-state index contributed by atoms with van der Waals surface area (Å²) in [7, 11) is 0. The number of furan rings is 2. The smallest absolute Gasteiger partial charge is 0.143 e. The molecule has 4 heteroatoms. The first-order valence-corrected chi connectivity index (χ1v) is 16.3. The molecule has 4 aromatic heterocycles. The minimum atomic E-state index is 0.884. The highest BCUT2D eigenvalue weighted by Gasteiger charge is 2.19. The summed E-state index contributed by atoms with van der Waals surface area (Å²) in [5.41, 5.74) is 9.32. The van der Waals surface area contributed by atoms with E-state index in [-0.39, 0.29) is 0 Å². The summed E-state index contributed by atoms with van der Waals surface area (Å²) < 4.78 is 18.0. The lowest BCUT2D eigenvalue weighted by molar-refractivity contribution is 0.669. The van der Waals surface area contributed by atoms with Gasteiger partial charge >= 0.3 is 0 Å². The Balaban J connectivity index is 1.17. The maximum absolute atomic E-state index is 6.68. The summed E-state index contributed by atoms with van der Waals surface area (Å²) in [6, 6.07) is 49.8. The fourth-order valence-electron chi connectivity index (χ4n) is 7.56. The molecule has 0 atom stereocenters. The van der Waals surface area contributed by atoms with E-state index in [1.165, 1.54) is 42.0 Å². The highest BCUT2D eigenvalue weighted by Crippen LogP contribution is 2.44. The van der Waals surface area contributed by atoms with Gasteiger partial charge in [0.15, 0.2) is 0 Å². The molecule has 0 aliphatic rings. The minimum Gasteiger partial charge on any atom is -0.456 e. The average molecular weight is 606 g/mol. The number of hydrogen-bond acceptors (Lipinski definition) is 3. The summed E-state index contributed by atoms with van der Waals surface area (Å²) in [6.07, 6.45) is 0. The fourth-order valence-corrected chi connectivity index (χ4v) is 8.79. The third-order valence-electron chi connectivity index (χ3n) is 9.60. The summed E-state index contributed by atoms with van der Waals surface area (Å²) >= 11 is 1.85. The van der Waals surface area contributed by atoms with Crippen LogP contribution in [0.2, 0.25) is 0 Å². The Kier molecular flexibility index (Phi) is 4.72. The van der Waals surface area contributed by atoms with E-state index in [1.54, 1.807) is 0 Å². The molecule has 0 aliphatic heterocycles. The maximum Gasteiger partial charge on any atom is 0.143 e. The molecule has 0 fully saturated rings. The van der Waals surface area contributed by atoms with Crippen molar-refractivity contribution < 1.29 is 8.83 Å². The van der Waals surface area contributed by atoms with Crippen LogP contribution in [0.15, 0.2) is 148 Å². The molecule has 7 aromatic carbocycles. The number of hydrogen-bond donors (Lipinski definition) is 0. The zero-order valence-corrected chi connectivity index (χ0v) is 25.3. The van der Waals surface area contributed by atoms with E-state index in [0.717, 1.165) is 60.6 Å². The van der Waals surface area contributed by atoms with E-state index in [4.69, 9.17) is 8.83 Å². The highest BCUT2D eigenvalue weighted by atomic mass is 32.1. The topological polar surface area (TPSA) is 31.2 Å². The van der Waals surface area contributed by atoms with Crippen LogP contribution in [0.1, 0.15) is 0 Å². The first-order chi connectivity index (χ1) is 22.8.